The maximum atomic E-state index is 6.21. The largest absolute Gasteiger partial charge is 0.369 e. The minimum Gasteiger partial charge on any atom is -0.369 e. The van der Waals surface area contributed by atoms with Crippen LogP contribution in [0, 0.1) is 5.92 Å². The van der Waals surface area contributed by atoms with E-state index in [1.54, 1.807) is 0 Å². The molecule has 0 bridgehead atoms. The molecule has 3 nitrogen and oxygen atoms in total. The van der Waals surface area contributed by atoms with E-state index in [2.05, 4.69) is 77.8 Å². The number of benzene rings is 2. The monoisotopic (exact) mass is 539 g/mol. The molecule has 1 heterocycles. The van der Waals surface area contributed by atoms with Crippen LogP contribution in [0.1, 0.15) is 67.4 Å². The fourth-order valence-electron chi connectivity index (χ4n) is 3.28. The molecular weight excluding hydrogens is 490 g/mol. The highest BCUT2D eigenvalue weighted by molar-refractivity contribution is 7.99. The van der Waals surface area contributed by atoms with Crippen molar-refractivity contribution in [1.29, 1.82) is 0 Å². The first-order chi connectivity index (χ1) is 17.0. The first-order valence-electron chi connectivity index (χ1n) is 13.3. The van der Waals surface area contributed by atoms with Gasteiger partial charge in [-0.05, 0) is 60.0 Å². The van der Waals surface area contributed by atoms with Gasteiger partial charge in [0.25, 0.3) is 0 Å². The summed E-state index contributed by atoms with van der Waals surface area (Å²) in [6.07, 6.45) is 3.41. The first-order valence-corrected chi connectivity index (χ1v) is 15.8. The summed E-state index contributed by atoms with van der Waals surface area (Å²) in [6.45, 7) is 22.2. The molecule has 35 heavy (non-hydrogen) atoms. The summed E-state index contributed by atoms with van der Waals surface area (Å²) < 4.78 is 4.80. The second kappa shape index (κ2) is 21.1. The maximum absolute atomic E-state index is 6.21. The van der Waals surface area contributed by atoms with Gasteiger partial charge in [-0.25, -0.2) is 4.31 Å². The van der Waals surface area contributed by atoms with Crippen LogP contribution in [0.25, 0.3) is 0 Å². The Hall–Kier alpha value is -1.01. The van der Waals surface area contributed by atoms with Crippen molar-refractivity contribution in [1.82, 2.24) is 4.31 Å². The van der Waals surface area contributed by atoms with Crippen LogP contribution in [-0.2, 0) is 5.75 Å². The fourth-order valence-corrected chi connectivity index (χ4v) is 5.16. The van der Waals surface area contributed by atoms with Crippen molar-refractivity contribution in [2.75, 3.05) is 48.2 Å². The van der Waals surface area contributed by atoms with Crippen LogP contribution in [-0.4, -0.2) is 43.3 Å². The molecule has 0 N–H and O–H groups in total. The zero-order valence-electron chi connectivity index (χ0n) is 23.7. The highest BCUT2D eigenvalue weighted by Crippen LogP contribution is 2.29. The van der Waals surface area contributed by atoms with Gasteiger partial charge in [-0.2, -0.15) is 0 Å². The number of halogens is 1. The SMILES string of the molecule is CC.CC.CCC.CSN1CCN(c2ccc(CSN(CC(C)C)c3cccc(Cl)c3)cc2)CC1. The predicted octanol–water partition coefficient (Wildman–Crippen LogP) is 9.52. The summed E-state index contributed by atoms with van der Waals surface area (Å²) in [4.78, 5) is 2.49. The van der Waals surface area contributed by atoms with Gasteiger partial charge in [0.2, 0.25) is 0 Å². The van der Waals surface area contributed by atoms with Gasteiger partial charge in [0.1, 0.15) is 0 Å². The van der Waals surface area contributed by atoms with Gasteiger partial charge in [-0.15, -0.1) is 0 Å². The minimum atomic E-state index is 0.591. The molecule has 2 aromatic rings. The molecule has 3 rings (SSSR count). The number of anilines is 2. The van der Waals surface area contributed by atoms with Crippen molar-refractivity contribution < 1.29 is 0 Å². The molecule has 2 aromatic carbocycles. The van der Waals surface area contributed by atoms with Gasteiger partial charge < -0.3 is 9.21 Å². The number of nitrogens with zero attached hydrogens (tertiary/aromatic N) is 3. The molecule has 200 valence electrons. The zero-order valence-corrected chi connectivity index (χ0v) is 26.1. The van der Waals surface area contributed by atoms with Crippen molar-refractivity contribution in [2.45, 2.75) is 67.6 Å². The second-order valence-corrected chi connectivity index (χ2v) is 10.5. The van der Waals surface area contributed by atoms with E-state index in [1.807, 2.05) is 69.8 Å². The summed E-state index contributed by atoms with van der Waals surface area (Å²) in [5.41, 5.74) is 3.87. The molecule has 0 radical (unpaired) electrons. The smallest absolute Gasteiger partial charge is 0.0484 e. The van der Waals surface area contributed by atoms with Gasteiger partial charge in [0, 0.05) is 54.9 Å². The lowest BCUT2D eigenvalue weighted by Gasteiger charge is -2.34. The van der Waals surface area contributed by atoms with Gasteiger partial charge in [0.15, 0.2) is 0 Å². The van der Waals surface area contributed by atoms with Crippen LogP contribution in [0.15, 0.2) is 48.5 Å². The van der Waals surface area contributed by atoms with Crippen molar-refractivity contribution in [3.63, 3.8) is 0 Å². The summed E-state index contributed by atoms with van der Waals surface area (Å²) in [5.74, 6) is 1.55. The van der Waals surface area contributed by atoms with Gasteiger partial charge >= 0.3 is 0 Å². The molecule has 0 aliphatic carbocycles. The summed E-state index contributed by atoms with van der Waals surface area (Å²) in [7, 11) is 0. The van der Waals surface area contributed by atoms with Crippen LogP contribution < -0.4 is 9.21 Å². The Bertz CT molecular complexity index is 748. The fraction of sp³-hybridized carbons (Fsp3) is 0.586. The van der Waals surface area contributed by atoms with E-state index in [4.69, 9.17) is 11.6 Å². The third kappa shape index (κ3) is 13.8. The molecule has 0 aromatic heterocycles. The van der Waals surface area contributed by atoms with Crippen molar-refractivity contribution in [2.24, 2.45) is 5.92 Å². The Morgan fingerprint density at radius 2 is 1.49 bits per heavy atom. The van der Waals surface area contributed by atoms with Gasteiger partial charge in [0.05, 0.1) is 0 Å². The molecule has 6 heteroatoms. The molecule has 0 spiro atoms. The number of rotatable bonds is 8. The van der Waals surface area contributed by atoms with E-state index < -0.39 is 0 Å². The molecule has 0 atom stereocenters. The van der Waals surface area contributed by atoms with Crippen LogP contribution in [0.5, 0.6) is 0 Å². The Morgan fingerprint density at radius 3 is 1.97 bits per heavy atom. The van der Waals surface area contributed by atoms with E-state index in [0.717, 1.165) is 43.5 Å². The topological polar surface area (TPSA) is 9.72 Å². The van der Waals surface area contributed by atoms with Crippen molar-refractivity contribution in [3.8, 4) is 0 Å². The quantitative estimate of drug-likeness (QED) is 0.308. The normalized spacial score (nSPS) is 13.1. The van der Waals surface area contributed by atoms with E-state index in [-0.39, 0.29) is 0 Å². The predicted molar refractivity (Wildman–Crippen MR) is 167 cm³/mol. The zero-order chi connectivity index (χ0) is 26.6. The average Bonchev–Trinajstić information content (AvgIpc) is 2.89. The lowest BCUT2D eigenvalue weighted by atomic mass is 10.2. The summed E-state index contributed by atoms with van der Waals surface area (Å²) in [6, 6.07) is 17.2. The van der Waals surface area contributed by atoms with Crippen LogP contribution >= 0.6 is 35.5 Å². The van der Waals surface area contributed by atoms with E-state index in [0.29, 0.717) is 5.92 Å². The van der Waals surface area contributed by atoms with E-state index >= 15 is 0 Å². The van der Waals surface area contributed by atoms with Crippen LogP contribution in [0.3, 0.4) is 0 Å². The molecule has 1 saturated heterocycles. The van der Waals surface area contributed by atoms with Gasteiger partial charge in [-0.3, -0.25) is 0 Å². The van der Waals surface area contributed by atoms with Crippen LogP contribution in [0.4, 0.5) is 11.4 Å². The number of hydrogen-bond donors (Lipinski definition) is 0. The lowest BCUT2D eigenvalue weighted by Crippen LogP contribution is -2.43. The summed E-state index contributed by atoms with van der Waals surface area (Å²) in [5, 5.41) is 0.790. The third-order valence-electron chi connectivity index (χ3n) is 4.81. The second-order valence-electron chi connectivity index (χ2n) is 8.18. The third-order valence-corrected chi connectivity index (χ3v) is 7.06. The average molecular weight is 540 g/mol. The molecule has 1 fully saturated rings. The molecular formula is C29H50ClN3S2. The maximum Gasteiger partial charge on any atom is 0.0484 e. The minimum absolute atomic E-state index is 0.591. The molecule has 0 unspecified atom stereocenters. The Labute approximate surface area is 231 Å². The van der Waals surface area contributed by atoms with Crippen molar-refractivity contribution >= 4 is 46.9 Å². The Morgan fingerprint density at radius 1 is 0.914 bits per heavy atom. The Balaban J connectivity index is 0.00000150. The number of piperazine rings is 1. The van der Waals surface area contributed by atoms with Crippen molar-refractivity contribution in [3.05, 3.63) is 59.1 Å². The van der Waals surface area contributed by atoms with E-state index in [1.165, 1.54) is 23.4 Å². The van der Waals surface area contributed by atoms with Gasteiger partial charge in [-0.1, -0.05) is 104 Å². The molecule has 1 aliphatic heterocycles. The Kier molecular flexibility index (Phi) is 20.5. The van der Waals surface area contributed by atoms with Crippen LogP contribution in [0.2, 0.25) is 5.02 Å². The lowest BCUT2D eigenvalue weighted by molar-refractivity contribution is 0.431. The number of hydrogen-bond acceptors (Lipinski definition) is 5. The molecule has 0 amide bonds. The first kappa shape index (κ1) is 34.0. The molecule has 1 aliphatic rings. The molecule has 0 saturated carbocycles. The standard InChI is InChI=1S/C22H30ClN3S2.C3H8.2C2H6/c1-18(2)16-26(22-6-4-5-20(23)15-22)28-17-19-7-9-21(10-8-19)24-11-13-25(27-3)14-12-24;1-3-2;2*1-2/h4-10,15,18H,11-14,16-17H2,1-3H3;3H2,1-2H3;2*1-2H3. The highest BCUT2D eigenvalue weighted by Gasteiger charge is 2.16. The highest BCUT2D eigenvalue weighted by atomic mass is 35.5. The van der Waals surface area contributed by atoms with E-state index in [9.17, 15) is 0 Å². The summed E-state index contributed by atoms with van der Waals surface area (Å²) >= 11 is 9.92.